The summed E-state index contributed by atoms with van der Waals surface area (Å²) in [6.45, 7) is 1.89. The Balaban J connectivity index is 1.46. The molecule has 23 heavy (non-hydrogen) atoms. The highest BCUT2D eigenvalue weighted by Crippen LogP contribution is 2.32. The second kappa shape index (κ2) is 7.57. The summed E-state index contributed by atoms with van der Waals surface area (Å²) in [7, 11) is 0. The Morgan fingerprint density at radius 1 is 1.35 bits per heavy atom. The summed E-state index contributed by atoms with van der Waals surface area (Å²) in [6, 6.07) is 7.69. The molecule has 1 unspecified atom stereocenters. The van der Waals surface area contributed by atoms with Crippen LogP contribution in [0, 0.1) is 5.92 Å². The molecular formula is C17H21N3O2S. The molecule has 0 spiro atoms. The molecule has 1 atom stereocenters. The maximum Gasteiger partial charge on any atom is 0.317 e. The van der Waals surface area contributed by atoms with Crippen LogP contribution in [0.1, 0.15) is 29.4 Å². The van der Waals surface area contributed by atoms with E-state index in [1.807, 2.05) is 34.5 Å². The summed E-state index contributed by atoms with van der Waals surface area (Å²) in [5, 5.41) is 15.3. The zero-order valence-corrected chi connectivity index (χ0v) is 13.7. The van der Waals surface area contributed by atoms with Crippen LogP contribution in [-0.4, -0.2) is 34.1 Å². The Kier molecular flexibility index (Phi) is 5.25. The van der Waals surface area contributed by atoms with Crippen molar-refractivity contribution in [2.45, 2.75) is 25.5 Å². The number of likely N-dealkylation sites (tertiary alicyclic amines) is 1. The second-order valence-corrected chi connectivity index (χ2v) is 6.78. The van der Waals surface area contributed by atoms with Crippen LogP contribution in [0.3, 0.4) is 0 Å². The van der Waals surface area contributed by atoms with Gasteiger partial charge in [0.05, 0.1) is 6.10 Å². The van der Waals surface area contributed by atoms with Gasteiger partial charge in [0.1, 0.15) is 0 Å². The summed E-state index contributed by atoms with van der Waals surface area (Å²) in [4.78, 5) is 19.0. The predicted molar refractivity (Wildman–Crippen MR) is 90.0 cm³/mol. The molecular weight excluding hydrogens is 310 g/mol. The maximum absolute atomic E-state index is 12.2. The third kappa shape index (κ3) is 4.09. The van der Waals surface area contributed by atoms with E-state index >= 15 is 0 Å². The minimum atomic E-state index is -0.406. The first-order valence-corrected chi connectivity index (χ1v) is 8.75. The minimum absolute atomic E-state index is 0.0362. The van der Waals surface area contributed by atoms with Crippen molar-refractivity contribution in [3.8, 4) is 0 Å². The van der Waals surface area contributed by atoms with Gasteiger partial charge in [-0.25, -0.2) is 4.79 Å². The molecule has 0 aliphatic carbocycles. The van der Waals surface area contributed by atoms with Crippen molar-refractivity contribution < 1.29 is 9.90 Å². The lowest BCUT2D eigenvalue weighted by atomic mass is 9.90. The van der Waals surface area contributed by atoms with Crippen LogP contribution in [-0.2, 0) is 6.54 Å². The average Bonchev–Trinajstić information content (AvgIpc) is 3.15. The molecule has 1 aliphatic rings. The van der Waals surface area contributed by atoms with Crippen molar-refractivity contribution in [3.05, 3.63) is 52.5 Å². The summed E-state index contributed by atoms with van der Waals surface area (Å²) in [6.07, 6.45) is 4.71. The fraction of sp³-hybridized carbons (Fsp3) is 0.412. The molecule has 1 fully saturated rings. The highest BCUT2D eigenvalue weighted by molar-refractivity contribution is 7.10. The number of aliphatic hydroxyl groups excluding tert-OH is 1. The Morgan fingerprint density at radius 2 is 2.09 bits per heavy atom. The first-order valence-electron chi connectivity index (χ1n) is 7.87. The maximum atomic E-state index is 12.2. The number of hydrogen-bond acceptors (Lipinski definition) is 4. The van der Waals surface area contributed by atoms with Gasteiger partial charge in [0.25, 0.3) is 0 Å². The van der Waals surface area contributed by atoms with E-state index in [9.17, 15) is 9.90 Å². The zero-order chi connectivity index (χ0) is 16.1. The van der Waals surface area contributed by atoms with E-state index in [2.05, 4.69) is 10.3 Å². The van der Waals surface area contributed by atoms with Crippen molar-refractivity contribution >= 4 is 17.4 Å². The molecule has 0 radical (unpaired) electrons. The van der Waals surface area contributed by atoms with E-state index in [1.165, 1.54) is 0 Å². The molecule has 122 valence electrons. The third-order valence-electron chi connectivity index (χ3n) is 4.30. The molecule has 3 heterocycles. The highest BCUT2D eigenvalue weighted by atomic mass is 32.1. The summed E-state index contributed by atoms with van der Waals surface area (Å²) in [5.41, 5.74) is 1.04. The number of nitrogens with one attached hydrogen (secondary N) is 1. The van der Waals surface area contributed by atoms with Crippen LogP contribution in [0.15, 0.2) is 42.0 Å². The molecule has 2 aromatic heterocycles. The first-order chi connectivity index (χ1) is 11.2. The Morgan fingerprint density at radius 3 is 2.74 bits per heavy atom. The van der Waals surface area contributed by atoms with E-state index in [0.717, 1.165) is 23.3 Å². The fourth-order valence-corrected chi connectivity index (χ4v) is 3.70. The lowest BCUT2D eigenvalue weighted by Gasteiger charge is -2.34. The number of urea groups is 1. The number of thiophene rings is 1. The number of aliphatic hydroxyl groups is 1. The van der Waals surface area contributed by atoms with Crippen LogP contribution in [0.25, 0.3) is 0 Å². The van der Waals surface area contributed by atoms with E-state index in [4.69, 9.17) is 0 Å². The molecule has 2 N–H and O–H groups in total. The number of nitrogens with zero attached hydrogens (tertiary/aromatic N) is 2. The van der Waals surface area contributed by atoms with Crippen molar-refractivity contribution in [3.63, 3.8) is 0 Å². The van der Waals surface area contributed by atoms with Crippen molar-refractivity contribution in [2.75, 3.05) is 13.1 Å². The van der Waals surface area contributed by atoms with Crippen LogP contribution in [0.2, 0.25) is 0 Å². The largest absolute Gasteiger partial charge is 0.387 e. The molecule has 1 aliphatic heterocycles. The van der Waals surface area contributed by atoms with E-state index in [1.54, 1.807) is 23.7 Å². The van der Waals surface area contributed by atoms with Crippen molar-refractivity contribution in [1.82, 2.24) is 15.2 Å². The third-order valence-corrected chi connectivity index (χ3v) is 5.24. The number of piperidine rings is 1. The predicted octanol–water partition coefficient (Wildman–Crippen LogP) is 2.80. The molecule has 6 heteroatoms. The van der Waals surface area contributed by atoms with Crippen LogP contribution in [0.5, 0.6) is 0 Å². The number of rotatable bonds is 4. The van der Waals surface area contributed by atoms with Gasteiger partial charge in [-0.2, -0.15) is 0 Å². The number of pyridine rings is 1. The van der Waals surface area contributed by atoms with E-state index in [0.29, 0.717) is 19.6 Å². The molecule has 1 saturated heterocycles. The smallest absolute Gasteiger partial charge is 0.317 e. The normalized spacial score (nSPS) is 17.0. The zero-order valence-electron chi connectivity index (χ0n) is 12.9. The summed E-state index contributed by atoms with van der Waals surface area (Å²) < 4.78 is 0. The molecule has 3 rings (SSSR count). The number of aromatic nitrogens is 1. The number of hydrogen-bond donors (Lipinski definition) is 2. The first kappa shape index (κ1) is 16.0. The number of amides is 2. The van der Waals surface area contributed by atoms with Gasteiger partial charge in [0.15, 0.2) is 0 Å². The van der Waals surface area contributed by atoms with Gasteiger partial charge in [-0.15, -0.1) is 11.3 Å². The molecule has 0 saturated carbocycles. The summed E-state index contributed by atoms with van der Waals surface area (Å²) >= 11 is 1.59. The quantitative estimate of drug-likeness (QED) is 0.905. The monoisotopic (exact) mass is 331 g/mol. The lowest BCUT2D eigenvalue weighted by Crippen LogP contribution is -2.44. The Bertz CT molecular complexity index is 610. The van der Waals surface area contributed by atoms with E-state index in [-0.39, 0.29) is 11.9 Å². The molecule has 2 aromatic rings. The van der Waals surface area contributed by atoms with E-state index < -0.39 is 6.10 Å². The van der Waals surface area contributed by atoms with Gasteiger partial charge in [-0.1, -0.05) is 6.07 Å². The van der Waals surface area contributed by atoms with Gasteiger partial charge in [0.2, 0.25) is 0 Å². The molecule has 0 bridgehead atoms. The highest BCUT2D eigenvalue weighted by Gasteiger charge is 2.28. The Hall–Kier alpha value is -1.92. The van der Waals surface area contributed by atoms with Gasteiger partial charge in [0, 0.05) is 36.9 Å². The lowest BCUT2D eigenvalue weighted by molar-refractivity contribution is 0.0689. The molecule has 2 amide bonds. The Labute approximate surface area is 140 Å². The van der Waals surface area contributed by atoms with Gasteiger partial charge < -0.3 is 15.3 Å². The van der Waals surface area contributed by atoms with Gasteiger partial charge in [-0.05, 0) is 47.9 Å². The molecule has 5 nitrogen and oxygen atoms in total. The SMILES string of the molecule is O=C(NCc1ccncc1)N1CCC(C(O)c2cccs2)CC1. The van der Waals surface area contributed by atoms with Crippen LogP contribution >= 0.6 is 11.3 Å². The van der Waals surface area contributed by atoms with Crippen LogP contribution in [0.4, 0.5) is 4.79 Å². The summed E-state index contributed by atoms with van der Waals surface area (Å²) in [5.74, 6) is 0.234. The van der Waals surface area contributed by atoms with Gasteiger partial charge in [-0.3, -0.25) is 4.98 Å². The second-order valence-electron chi connectivity index (χ2n) is 5.80. The number of carbonyl (C=O) groups excluding carboxylic acids is 1. The van der Waals surface area contributed by atoms with Crippen LogP contribution < -0.4 is 5.32 Å². The van der Waals surface area contributed by atoms with Gasteiger partial charge >= 0.3 is 6.03 Å². The standard InChI is InChI=1S/C17H21N3O2S/c21-16(15-2-1-11-23-15)14-5-9-20(10-6-14)17(22)19-12-13-3-7-18-8-4-13/h1-4,7-8,11,14,16,21H,5-6,9-10,12H2,(H,19,22). The molecule has 0 aromatic carbocycles. The van der Waals surface area contributed by atoms with Crippen molar-refractivity contribution in [1.29, 1.82) is 0 Å². The number of carbonyl (C=O) groups is 1. The topological polar surface area (TPSA) is 65.5 Å². The van der Waals surface area contributed by atoms with Crippen molar-refractivity contribution in [2.24, 2.45) is 5.92 Å². The minimum Gasteiger partial charge on any atom is -0.387 e. The average molecular weight is 331 g/mol. The fourth-order valence-electron chi connectivity index (χ4n) is 2.90.